The number of rotatable bonds is 5. The van der Waals surface area contributed by atoms with E-state index in [0.717, 1.165) is 22.0 Å². The largest absolute Gasteiger partial charge is 0.311 e. The van der Waals surface area contributed by atoms with Crippen LogP contribution < -0.4 is 10.2 Å². The number of hydrogen-bond acceptors (Lipinski definition) is 6. The molecule has 1 N–H and O–H groups in total. The Kier molecular flexibility index (Phi) is 6.11. The Balaban J connectivity index is 1.43. The van der Waals surface area contributed by atoms with Gasteiger partial charge in [0.25, 0.3) is 5.91 Å². The van der Waals surface area contributed by atoms with Gasteiger partial charge in [-0.25, -0.2) is 0 Å². The number of carbonyl (C=O) groups is 2. The van der Waals surface area contributed by atoms with Gasteiger partial charge in [-0.05, 0) is 30.2 Å². The number of benzene rings is 2. The molecular weight excluding hydrogens is 428 g/mol. The van der Waals surface area contributed by atoms with E-state index >= 15 is 0 Å². The van der Waals surface area contributed by atoms with E-state index in [4.69, 9.17) is 0 Å². The first-order valence-corrected chi connectivity index (χ1v) is 11.9. The second-order valence-electron chi connectivity index (χ2n) is 8.33. The Morgan fingerprint density at radius 2 is 1.84 bits per heavy atom. The minimum atomic E-state index is -0.251. The fraction of sp³-hybridized carbons (Fsp3) is 0.304. The van der Waals surface area contributed by atoms with Crippen molar-refractivity contribution in [3.63, 3.8) is 0 Å². The summed E-state index contributed by atoms with van der Waals surface area (Å²) in [6.07, 6.45) is 0.879. The van der Waals surface area contributed by atoms with Gasteiger partial charge in [-0.3, -0.25) is 14.9 Å². The molecule has 0 spiro atoms. The molecule has 0 saturated heterocycles. The summed E-state index contributed by atoms with van der Waals surface area (Å²) in [5.41, 5.74) is 2.59. The number of carbonyl (C=O) groups excluding carboxylic acids is 2. The van der Waals surface area contributed by atoms with E-state index in [2.05, 4.69) is 42.4 Å². The van der Waals surface area contributed by atoms with Crippen molar-refractivity contribution in [3.8, 4) is 0 Å². The molecule has 8 heteroatoms. The van der Waals surface area contributed by atoms with Crippen LogP contribution in [0.15, 0.2) is 53.4 Å². The van der Waals surface area contributed by atoms with Gasteiger partial charge in [0.05, 0.1) is 11.3 Å². The molecule has 2 amide bonds. The number of aromatic nitrogens is 2. The van der Waals surface area contributed by atoms with E-state index in [9.17, 15) is 9.59 Å². The minimum Gasteiger partial charge on any atom is -0.311 e. The van der Waals surface area contributed by atoms with Crippen LogP contribution in [-0.2, 0) is 16.6 Å². The summed E-state index contributed by atoms with van der Waals surface area (Å²) in [7, 11) is 0. The van der Waals surface area contributed by atoms with Gasteiger partial charge in [-0.2, -0.15) is 0 Å². The zero-order valence-corrected chi connectivity index (χ0v) is 19.3. The molecule has 0 radical (unpaired) electrons. The van der Waals surface area contributed by atoms with Crippen molar-refractivity contribution in [2.24, 2.45) is 0 Å². The molecule has 2 aromatic carbocycles. The van der Waals surface area contributed by atoms with E-state index < -0.39 is 0 Å². The number of thioether (sulfide) groups is 1. The highest BCUT2D eigenvalue weighted by molar-refractivity contribution is 8.00. The van der Waals surface area contributed by atoms with Crippen LogP contribution in [0.1, 0.15) is 41.7 Å². The summed E-state index contributed by atoms with van der Waals surface area (Å²) in [5.74, 6) is 0.0637. The molecule has 2 heterocycles. The first-order chi connectivity index (χ1) is 14.8. The molecule has 6 nitrogen and oxygen atoms in total. The lowest BCUT2D eigenvalue weighted by molar-refractivity contribution is -0.116. The van der Waals surface area contributed by atoms with Crippen molar-refractivity contribution in [1.82, 2.24) is 10.2 Å². The molecule has 0 atom stereocenters. The molecule has 1 aromatic heterocycles. The molecule has 4 rings (SSSR count). The summed E-state index contributed by atoms with van der Waals surface area (Å²) in [4.78, 5) is 28.3. The van der Waals surface area contributed by atoms with Crippen molar-refractivity contribution in [2.45, 2.75) is 37.5 Å². The molecule has 0 bridgehead atoms. The number of anilines is 2. The summed E-state index contributed by atoms with van der Waals surface area (Å²) < 4.78 is 0. The van der Waals surface area contributed by atoms with E-state index in [1.807, 2.05) is 41.3 Å². The third-order valence-electron chi connectivity index (χ3n) is 4.96. The molecule has 0 fully saturated rings. The van der Waals surface area contributed by atoms with Crippen molar-refractivity contribution in [2.75, 3.05) is 22.5 Å². The SMILES string of the molecule is CC(C)(C)c1nnc(NC(=O)c2ccccc2SCC(=O)N2CCc3ccccc32)s1. The van der Waals surface area contributed by atoms with E-state index in [1.165, 1.54) is 28.7 Å². The first kappa shape index (κ1) is 21.5. The molecule has 160 valence electrons. The number of nitrogens with one attached hydrogen (secondary N) is 1. The molecule has 3 aromatic rings. The maximum absolute atomic E-state index is 12.9. The molecule has 0 aliphatic carbocycles. The minimum absolute atomic E-state index is 0.0455. The summed E-state index contributed by atoms with van der Waals surface area (Å²) in [6.45, 7) is 6.87. The Morgan fingerprint density at radius 3 is 2.61 bits per heavy atom. The quantitative estimate of drug-likeness (QED) is 0.565. The smallest absolute Gasteiger partial charge is 0.258 e. The third-order valence-corrected chi connectivity index (χ3v) is 7.28. The standard InChI is InChI=1S/C23H24N4O2S2/c1-23(2,3)21-25-26-22(31-21)24-20(29)16-9-5-7-11-18(16)30-14-19(28)27-13-12-15-8-4-6-10-17(15)27/h4-11H,12-14H2,1-3H3,(H,24,26,29). The molecule has 1 aliphatic heterocycles. The number of nitrogens with zero attached hydrogens (tertiary/aromatic N) is 3. The Hall–Kier alpha value is -2.71. The zero-order chi connectivity index (χ0) is 22.0. The van der Waals surface area contributed by atoms with Crippen LogP contribution in [0.3, 0.4) is 0 Å². The van der Waals surface area contributed by atoms with Crippen molar-refractivity contribution >= 4 is 45.7 Å². The van der Waals surface area contributed by atoms with Crippen LogP contribution in [-0.4, -0.2) is 34.3 Å². The lowest BCUT2D eigenvalue weighted by atomic mass is 9.98. The second-order valence-corrected chi connectivity index (χ2v) is 10.3. The van der Waals surface area contributed by atoms with E-state index in [-0.39, 0.29) is 23.0 Å². The van der Waals surface area contributed by atoms with Gasteiger partial charge < -0.3 is 4.90 Å². The van der Waals surface area contributed by atoms with E-state index in [1.54, 1.807) is 6.07 Å². The van der Waals surface area contributed by atoms with Crippen LogP contribution >= 0.6 is 23.1 Å². The van der Waals surface area contributed by atoms with Crippen molar-refractivity contribution in [1.29, 1.82) is 0 Å². The van der Waals surface area contributed by atoms with Gasteiger partial charge in [0, 0.05) is 22.5 Å². The van der Waals surface area contributed by atoms with Crippen LogP contribution in [0, 0.1) is 0 Å². The van der Waals surface area contributed by atoms with Crippen molar-refractivity contribution in [3.05, 3.63) is 64.7 Å². The molecule has 0 saturated carbocycles. The highest BCUT2D eigenvalue weighted by Gasteiger charge is 2.25. The van der Waals surface area contributed by atoms with Crippen LogP contribution in [0.25, 0.3) is 0 Å². The van der Waals surface area contributed by atoms with Gasteiger partial charge in [0.15, 0.2) is 0 Å². The van der Waals surface area contributed by atoms with Gasteiger partial charge in [-0.1, -0.05) is 62.4 Å². The first-order valence-electron chi connectivity index (χ1n) is 10.1. The number of hydrogen-bond donors (Lipinski definition) is 1. The summed E-state index contributed by atoms with van der Waals surface area (Å²) >= 11 is 2.76. The van der Waals surface area contributed by atoms with Gasteiger partial charge in [-0.15, -0.1) is 22.0 Å². The number of amides is 2. The van der Waals surface area contributed by atoms with E-state index in [0.29, 0.717) is 17.2 Å². The normalized spacial score (nSPS) is 13.2. The van der Waals surface area contributed by atoms with Gasteiger partial charge in [0.2, 0.25) is 11.0 Å². The second kappa shape index (κ2) is 8.80. The Morgan fingerprint density at radius 1 is 1.10 bits per heavy atom. The van der Waals surface area contributed by atoms with Crippen LogP contribution in [0.5, 0.6) is 0 Å². The molecule has 0 unspecified atom stereocenters. The predicted molar refractivity (Wildman–Crippen MR) is 126 cm³/mol. The van der Waals surface area contributed by atoms with Crippen molar-refractivity contribution < 1.29 is 9.59 Å². The maximum Gasteiger partial charge on any atom is 0.258 e. The fourth-order valence-electron chi connectivity index (χ4n) is 3.34. The number of para-hydroxylation sites is 1. The fourth-order valence-corrected chi connectivity index (χ4v) is 5.06. The van der Waals surface area contributed by atoms with Crippen LogP contribution in [0.4, 0.5) is 10.8 Å². The lowest BCUT2D eigenvalue weighted by Crippen LogP contribution is -2.30. The predicted octanol–water partition coefficient (Wildman–Crippen LogP) is 4.77. The molecule has 1 aliphatic rings. The average Bonchev–Trinajstić information content (AvgIpc) is 3.39. The lowest BCUT2D eigenvalue weighted by Gasteiger charge is -2.17. The highest BCUT2D eigenvalue weighted by atomic mass is 32.2. The number of fused-ring (bicyclic) bond motifs is 1. The van der Waals surface area contributed by atoms with Gasteiger partial charge >= 0.3 is 0 Å². The zero-order valence-electron chi connectivity index (χ0n) is 17.7. The third kappa shape index (κ3) is 4.80. The highest BCUT2D eigenvalue weighted by Crippen LogP contribution is 2.31. The Bertz CT molecular complexity index is 1120. The molecular formula is C23H24N4O2S2. The van der Waals surface area contributed by atoms with Gasteiger partial charge in [0.1, 0.15) is 5.01 Å². The topological polar surface area (TPSA) is 75.2 Å². The monoisotopic (exact) mass is 452 g/mol. The maximum atomic E-state index is 12.9. The summed E-state index contributed by atoms with van der Waals surface area (Å²) in [5, 5.41) is 12.5. The Labute approximate surface area is 190 Å². The summed E-state index contributed by atoms with van der Waals surface area (Å²) in [6, 6.07) is 15.3. The average molecular weight is 453 g/mol. The van der Waals surface area contributed by atoms with Crippen LogP contribution in [0.2, 0.25) is 0 Å². The molecule has 31 heavy (non-hydrogen) atoms.